The first-order valence-electron chi connectivity index (χ1n) is 6.53. The molecule has 20 heavy (non-hydrogen) atoms. The minimum absolute atomic E-state index is 0.603. The second kappa shape index (κ2) is 5.61. The molecule has 2 N–H and O–H groups in total. The second-order valence-corrected chi connectivity index (χ2v) is 5.53. The summed E-state index contributed by atoms with van der Waals surface area (Å²) in [6, 6.07) is 14.6. The molecule has 3 rings (SSSR count). The predicted molar refractivity (Wildman–Crippen MR) is 84.1 cm³/mol. The first-order chi connectivity index (χ1) is 9.78. The molecule has 0 aliphatic carbocycles. The molecule has 0 fully saturated rings. The van der Waals surface area contributed by atoms with Gasteiger partial charge in [0.25, 0.3) is 0 Å². The Labute approximate surface area is 123 Å². The number of nitrogens with one attached hydrogen (secondary N) is 2. The summed E-state index contributed by atoms with van der Waals surface area (Å²) in [6.45, 7) is 6.52. The van der Waals surface area contributed by atoms with Gasteiger partial charge in [-0.1, -0.05) is 36.5 Å². The molecule has 0 saturated heterocycles. The topological polar surface area (TPSA) is 33.3 Å². The molecule has 2 aromatic rings. The normalized spacial score (nSPS) is 12.1. The highest BCUT2D eigenvalue weighted by Gasteiger charge is 2.15. The van der Waals surface area contributed by atoms with Crippen molar-refractivity contribution in [1.82, 2.24) is 5.48 Å². The second-order valence-electron chi connectivity index (χ2n) is 4.45. The number of anilines is 2. The van der Waals surface area contributed by atoms with Gasteiger partial charge in [0, 0.05) is 15.4 Å². The van der Waals surface area contributed by atoms with Gasteiger partial charge in [-0.15, -0.1) is 0 Å². The van der Waals surface area contributed by atoms with Crippen LogP contribution in [-0.2, 0) is 4.84 Å². The van der Waals surface area contributed by atoms with Gasteiger partial charge in [0.1, 0.15) is 0 Å². The van der Waals surface area contributed by atoms with Gasteiger partial charge in [0.15, 0.2) is 0 Å². The van der Waals surface area contributed by atoms with Crippen molar-refractivity contribution in [3.63, 3.8) is 0 Å². The van der Waals surface area contributed by atoms with Crippen LogP contribution < -0.4 is 10.8 Å². The number of rotatable bonds is 4. The third-order valence-electron chi connectivity index (χ3n) is 3.04. The molecular formula is C16H16N2OS. The molecule has 0 bridgehead atoms. The Balaban J connectivity index is 1.86. The van der Waals surface area contributed by atoms with Gasteiger partial charge in [-0.25, -0.2) is 0 Å². The van der Waals surface area contributed by atoms with E-state index >= 15 is 0 Å². The number of fused-ring (bicyclic) bond motifs is 2. The summed E-state index contributed by atoms with van der Waals surface area (Å²) in [5.74, 6) is 0. The van der Waals surface area contributed by atoms with E-state index in [1.165, 1.54) is 9.79 Å². The molecule has 1 aliphatic heterocycles. The molecule has 4 heteroatoms. The molecule has 0 saturated carbocycles. The van der Waals surface area contributed by atoms with Gasteiger partial charge in [-0.2, -0.15) is 0 Å². The predicted octanol–water partition coefficient (Wildman–Crippen LogP) is 4.41. The van der Waals surface area contributed by atoms with Crippen LogP contribution in [0.4, 0.5) is 11.4 Å². The van der Waals surface area contributed by atoms with Gasteiger partial charge < -0.3 is 5.32 Å². The van der Waals surface area contributed by atoms with Crippen LogP contribution in [0.5, 0.6) is 0 Å². The third kappa shape index (κ3) is 2.53. The van der Waals surface area contributed by atoms with Crippen molar-refractivity contribution in [3.05, 3.63) is 54.6 Å². The van der Waals surface area contributed by atoms with E-state index < -0.39 is 0 Å². The van der Waals surface area contributed by atoms with Gasteiger partial charge >= 0.3 is 0 Å². The number of hydroxylamine groups is 1. The summed E-state index contributed by atoms with van der Waals surface area (Å²) in [4.78, 5) is 7.64. The number of benzene rings is 2. The molecule has 0 unspecified atom stereocenters. The molecular weight excluding hydrogens is 268 g/mol. The molecule has 0 radical (unpaired) electrons. The fourth-order valence-electron chi connectivity index (χ4n) is 2.05. The summed E-state index contributed by atoms with van der Waals surface area (Å²) < 4.78 is 0. The maximum absolute atomic E-state index is 5.17. The lowest BCUT2D eigenvalue weighted by molar-refractivity contribution is 0.0901. The minimum Gasteiger partial charge on any atom is -0.354 e. The smallest absolute Gasteiger partial charge is 0.0717 e. The molecule has 102 valence electrons. The Hall–Kier alpha value is -1.91. The Kier molecular flexibility index (Phi) is 3.67. The summed E-state index contributed by atoms with van der Waals surface area (Å²) >= 11 is 1.78. The van der Waals surface area contributed by atoms with E-state index in [1.54, 1.807) is 11.8 Å². The van der Waals surface area contributed by atoms with Crippen molar-refractivity contribution < 1.29 is 4.84 Å². The van der Waals surface area contributed by atoms with E-state index in [9.17, 15) is 0 Å². The molecule has 0 atom stereocenters. The third-order valence-corrected chi connectivity index (χ3v) is 4.20. The molecule has 1 aliphatic rings. The van der Waals surface area contributed by atoms with Crippen molar-refractivity contribution in [2.24, 2.45) is 0 Å². The monoisotopic (exact) mass is 284 g/mol. The Morgan fingerprint density at radius 2 is 2.00 bits per heavy atom. The summed E-state index contributed by atoms with van der Waals surface area (Å²) in [5, 5.41) is 3.46. The van der Waals surface area contributed by atoms with Crippen LogP contribution >= 0.6 is 11.8 Å². The van der Waals surface area contributed by atoms with Crippen LogP contribution in [0, 0.1) is 0 Å². The van der Waals surface area contributed by atoms with Crippen molar-refractivity contribution in [2.75, 3.05) is 11.9 Å². The Morgan fingerprint density at radius 3 is 2.85 bits per heavy atom. The molecule has 1 heterocycles. The van der Waals surface area contributed by atoms with E-state index in [-0.39, 0.29) is 0 Å². The summed E-state index contributed by atoms with van der Waals surface area (Å²) in [6.07, 6.45) is 0. The molecule has 0 amide bonds. The quantitative estimate of drug-likeness (QED) is 0.695. The lowest BCUT2D eigenvalue weighted by Gasteiger charge is -2.21. The lowest BCUT2D eigenvalue weighted by atomic mass is 10.1. The molecule has 0 aromatic heterocycles. The van der Waals surface area contributed by atoms with Gasteiger partial charge in [0.05, 0.1) is 23.7 Å². The zero-order valence-electron chi connectivity index (χ0n) is 11.3. The lowest BCUT2D eigenvalue weighted by Crippen LogP contribution is -2.12. The number of hydrogen-bond donors (Lipinski definition) is 2. The zero-order chi connectivity index (χ0) is 13.9. The van der Waals surface area contributed by atoms with Crippen molar-refractivity contribution >= 4 is 28.8 Å². The van der Waals surface area contributed by atoms with Crippen LogP contribution in [0.1, 0.15) is 12.5 Å². The SMILES string of the molecule is C=C(NOCC)c1ccc2c(c1)Nc1ccccc1S2. The maximum Gasteiger partial charge on any atom is 0.0717 e. The highest BCUT2D eigenvalue weighted by atomic mass is 32.2. The number of para-hydroxylation sites is 1. The highest BCUT2D eigenvalue weighted by molar-refractivity contribution is 7.99. The van der Waals surface area contributed by atoms with E-state index in [0.717, 1.165) is 22.6 Å². The Morgan fingerprint density at radius 1 is 1.20 bits per heavy atom. The standard InChI is InChI=1S/C16H16N2OS/c1-3-19-18-11(2)12-8-9-16-14(10-12)17-13-6-4-5-7-15(13)20-16/h4-10,17-18H,2-3H2,1H3. The highest BCUT2D eigenvalue weighted by Crippen LogP contribution is 2.44. The molecule has 2 aromatic carbocycles. The van der Waals surface area contributed by atoms with Crippen LogP contribution in [0.25, 0.3) is 5.70 Å². The van der Waals surface area contributed by atoms with Crippen molar-refractivity contribution in [2.45, 2.75) is 16.7 Å². The number of hydrogen-bond acceptors (Lipinski definition) is 4. The first kappa shape index (κ1) is 13.1. The van der Waals surface area contributed by atoms with Gasteiger partial charge in [-0.05, 0) is 31.2 Å². The minimum atomic E-state index is 0.603. The fraction of sp³-hybridized carbons (Fsp3) is 0.125. The van der Waals surface area contributed by atoms with Crippen LogP contribution in [0.15, 0.2) is 58.8 Å². The molecule has 0 spiro atoms. The van der Waals surface area contributed by atoms with Crippen LogP contribution in [0.3, 0.4) is 0 Å². The summed E-state index contributed by atoms with van der Waals surface area (Å²) in [7, 11) is 0. The van der Waals surface area contributed by atoms with Crippen LogP contribution in [-0.4, -0.2) is 6.61 Å². The average Bonchev–Trinajstić information content (AvgIpc) is 2.50. The molecule has 3 nitrogen and oxygen atoms in total. The average molecular weight is 284 g/mol. The van der Waals surface area contributed by atoms with Gasteiger partial charge in [0.2, 0.25) is 0 Å². The first-order valence-corrected chi connectivity index (χ1v) is 7.34. The van der Waals surface area contributed by atoms with E-state index in [4.69, 9.17) is 4.84 Å². The summed E-state index contributed by atoms with van der Waals surface area (Å²) in [5.41, 5.74) is 6.87. The van der Waals surface area contributed by atoms with Gasteiger partial charge in [-0.3, -0.25) is 10.3 Å². The maximum atomic E-state index is 5.17. The van der Waals surface area contributed by atoms with Crippen molar-refractivity contribution in [3.8, 4) is 0 Å². The van der Waals surface area contributed by atoms with E-state index in [1.807, 2.05) is 13.0 Å². The van der Waals surface area contributed by atoms with E-state index in [0.29, 0.717) is 6.61 Å². The van der Waals surface area contributed by atoms with Crippen molar-refractivity contribution in [1.29, 1.82) is 0 Å². The van der Waals surface area contributed by atoms with Crippen LogP contribution in [0.2, 0.25) is 0 Å². The largest absolute Gasteiger partial charge is 0.354 e. The Bertz CT molecular complexity index is 655. The zero-order valence-corrected chi connectivity index (χ0v) is 12.1. The fourth-order valence-corrected chi connectivity index (χ4v) is 3.01. The van der Waals surface area contributed by atoms with E-state index in [2.05, 4.69) is 53.8 Å².